The molecule has 1 fully saturated rings. The average Bonchev–Trinajstić information content (AvgIpc) is 3.15. The molecule has 9 heteroatoms. The molecule has 2 aromatic rings. The highest BCUT2D eigenvalue weighted by atomic mass is 32.2. The summed E-state index contributed by atoms with van der Waals surface area (Å²) in [6.07, 6.45) is 1.58. The molecular weight excluding hydrogens is 418 g/mol. The maximum atomic E-state index is 12.7. The molecule has 8 nitrogen and oxygen atoms in total. The SMILES string of the molecule is C=CCNS(=O)(=O)Cc1ccc(NC(=O)C2CC(=O)N(c3ccccc3OC)C2)cc1. The van der Waals surface area contributed by atoms with Crippen molar-refractivity contribution in [2.24, 2.45) is 5.92 Å². The van der Waals surface area contributed by atoms with Crippen molar-refractivity contribution in [2.75, 3.05) is 30.4 Å². The third-order valence-corrected chi connectivity index (χ3v) is 6.22. The molecule has 1 heterocycles. The van der Waals surface area contributed by atoms with Gasteiger partial charge in [-0.1, -0.05) is 30.3 Å². The highest BCUT2D eigenvalue weighted by Crippen LogP contribution is 2.33. The third kappa shape index (κ3) is 5.71. The minimum atomic E-state index is -3.45. The van der Waals surface area contributed by atoms with E-state index >= 15 is 0 Å². The molecule has 1 unspecified atom stereocenters. The van der Waals surface area contributed by atoms with Gasteiger partial charge in [0, 0.05) is 25.2 Å². The van der Waals surface area contributed by atoms with Crippen molar-refractivity contribution in [3.8, 4) is 5.75 Å². The molecule has 2 aromatic carbocycles. The van der Waals surface area contributed by atoms with Crippen molar-refractivity contribution >= 4 is 33.2 Å². The van der Waals surface area contributed by atoms with Gasteiger partial charge in [-0.3, -0.25) is 9.59 Å². The number of nitrogens with one attached hydrogen (secondary N) is 2. The third-order valence-electron chi connectivity index (χ3n) is 4.90. The van der Waals surface area contributed by atoms with Gasteiger partial charge in [-0.25, -0.2) is 13.1 Å². The second-order valence-corrected chi connectivity index (χ2v) is 8.97. The van der Waals surface area contributed by atoms with Crippen molar-refractivity contribution in [3.05, 3.63) is 66.7 Å². The Morgan fingerprint density at radius 1 is 1.23 bits per heavy atom. The standard InChI is InChI=1S/C22H25N3O5S/c1-3-12-23-31(28,29)15-16-8-10-18(11-9-16)24-22(27)17-13-21(26)25(14-17)19-6-4-5-7-20(19)30-2/h3-11,17,23H,1,12-15H2,2H3,(H,24,27). The summed E-state index contributed by atoms with van der Waals surface area (Å²) in [7, 11) is -1.92. The van der Waals surface area contributed by atoms with E-state index in [2.05, 4.69) is 16.6 Å². The number of anilines is 2. The predicted molar refractivity (Wildman–Crippen MR) is 119 cm³/mol. The lowest BCUT2D eigenvalue weighted by atomic mass is 10.1. The number of amides is 2. The van der Waals surface area contributed by atoms with E-state index in [1.165, 1.54) is 13.2 Å². The average molecular weight is 444 g/mol. The molecule has 2 amide bonds. The van der Waals surface area contributed by atoms with E-state index in [4.69, 9.17) is 4.74 Å². The number of ether oxygens (including phenoxy) is 1. The van der Waals surface area contributed by atoms with Gasteiger partial charge in [-0.2, -0.15) is 0 Å². The number of carbonyl (C=O) groups excluding carboxylic acids is 2. The molecule has 0 aliphatic carbocycles. The first kappa shape index (κ1) is 22.5. The monoisotopic (exact) mass is 443 g/mol. The normalized spacial score (nSPS) is 16.2. The summed E-state index contributed by atoms with van der Waals surface area (Å²) in [6, 6.07) is 13.8. The van der Waals surface area contributed by atoms with Gasteiger partial charge in [-0.15, -0.1) is 6.58 Å². The molecule has 1 saturated heterocycles. The van der Waals surface area contributed by atoms with E-state index in [0.29, 0.717) is 22.7 Å². The van der Waals surface area contributed by atoms with E-state index in [0.717, 1.165) is 0 Å². The van der Waals surface area contributed by atoms with Crippen LogP contribution < -0.4 is 19.7 Å². The lowest BCUT2D eigenvalue weighted by Crippen LogP contribution is -2.28. The molecular formula is C22H25N3O5S. The first-order valence-corrected chi connectivity index (χ1v) is 11.4. The fourth-order valence-electron chi connectivity index (χ4n) is 3.35. The van der Waals surface area contributed by atoms with Crippen molar-refractivity contribution in [1.29, 1.82) is 0 Å². The lowest BCUT2D eigenvalue weighted by molar-refractivity contribution is -0.122. The number of hydrogen-bond donors (Lipinski definition) is 2. The fraction of sp³-hybridized carbons (Fsp3) is 0.273. The number of benzene rings is 2. The van der Waals surface area contributed by atoms with E-state index in [-0.39, 0.29) is 37.1 Å². The second-order valence-electron chi connectivity index (χ2n) is 7.16. The fourth-order valence-corrected chi connectivity index (χ4v) is 4.46. The van der Waals surface area contributed by atoms with Gasteiger partial charge < -0.3 is 15.0 Å². The summed E-state index contributed by atoms with van der Waals surface area (Å²) in [4.78, 5) is 26.7. The number of carbonyl (C=O) groups is 2. The van der Waals surface area contributed by atoms with Gasteiger partial charge in [0.25, 0.3) is 0 Å². The van der Waals surface area contributed by atoms with Gasteiger partial charge in [0.2, 0.25) is 21.8 Å². The molecule has 1 aliphatic heterocycles. The molecule has 0 saturated carbocycles. The van der Waals surface area contributed by atoms with Crippen LogP contribution in [0.5, 0.6) is 5.75 Å². The number of para-hydroxylation sites is 2. The number of nitrogens with zero attached hydrogens (tertiary/aromatic N) is 1. The van der Waals surface area contributed by atoms with Gasteiger partial charge in [-0.05, 0) is 29.8 Å². The molecule has 31 heavy (non-hydrogen) atoms. The van der Waals surface area contributed by atoms with Crippen LogP contribution in [0.2, 0.25) is 0 Å². The smallest absolute Gasteiger partial charge is 0.229 e. The van der Waals surface area contributed by atoms with Crippen LogP contribution in [0.25, 0.3) is 0 Å². The second kappa shape index (κ2) is 9.76. The summed E-state index contributed by atoms with van der Waals surface area (Å²) in [5.74, 6) is -0.498. The Kier molecular flexibility index (Phi) is 7.09. The molecule has 164 valence electrons. The summed E-state index contributed by atoms with van der Waals surface area (Å²) >= 11 is 0. The first-order valence-electron chi connectivity index (χ1n) is 9.74. The van der Waals surface area contributed by atoms with E-state index in [1.54, 1.807) is 41.3 Å². The Morgan fingerprint density at radius 2 is 1.94 bits per heavy atom. The van der Waals surface area contributed by atoms with Crippen LogP contribution in [-0.4, -0.2) is 40.4 Å². The van der Waals surface area contributed by atoms with Gasteiger partial charge in [0.15, 0.2) is 0 Å². The quantitative estimate of drug-likeness (QED) is 0.579. The maximum Gasteiger partial charge on any atom is 0.229 e. The number of methoxy groups -OCH3 is 1. The van der Waals surface area contributed by atoms with Crippen LogP contribution in [0, 0.1) is 5.92 Å². The Labute approximate surface area is 181 Å². The summed E-state index contributed by atoms with van der Waals surface area (Å²) in [5.41, 5.74) is 1.77. The highest BCUT2D eigenvalue weighted by Gasteiger charge is 2.36. The van der Waals surface area contributed by atoms with Crippen LogP contribution in [0.1, 0.15) is 12.0 Å². The molecule has 0 radical (unpaired) electrons. The van der Waals surface area contributed by atoms with Crippen LogP contribution in [-0.2, 0) is 25.4 Å². The molecule has 0 aromatic heterocycles. The van der Waals surface area contributed by atoms with Crippen LogP contribution in [0.3, 0.4) is 0 Å². The Bertz CT molecular complexity index is 1070. The van der Waals surface area contributed by atoms with Crippen LogP contribution >= 0.6 is 0 Å². The van der Waals surface area contributed by atoms with Gasteiger partial charge >= 0.3 is 0 Å². The number of rotatable bonds is 9. The summed E-state index contributed by atoms with van der Waals surface area (Å²) in [5, 5.41) is 2.80. The largest absolute Gasteiger partial charge is 0.495 e. The Morgan fingerprint density at radius 3 is 2.61 bits per heavy atom. The Hall–Kier alpha value is -3.17. The van der Waals surface area contributed by atoms with Crippen molar-refractivity contribution in [1.82, 2.24) is 4.72 Å². The highest BCUT2D eigenvalue weighted by molar-refractivity contribution is 7.88. The van der Waals surface area contributed by atoms with Crippen molar-refractivity contribution < 1.29 is 22.7 Å². The zero-order valence-electron chi connectivity index (χ0n) is 17.2. The topological polar surface area (TPSA) is 105 Å². The van der Waals surface area contributed by atoms with Crippen LogP contribution in [0.4, 0.5) is 11.4 Å². The minimum Gasteiger partial charge on any atom is -0.495 e. The lowest BCUT2D eigenvalue weighted by Gasteiger charge is -2.19. The Balaban J connectivity index is 1.62. The summed E-state index contributed by atoms with van der Waals surface area (Å²) < 4.78 is 31.6. The molecule has 1 aliphatic rings. The zero-order valence-corrected chi connectivity index (χ0v) is 18.0. The molecule has 0 spiro atoms. The maximum absolute atomic E-state index is 12.7. The molecule has 2 N–H and O–H groups in total. The van der Waals surface area contributed by atoms with E-state index in [1.807, 2.05) is 12.1 Å². The minimum absolute atomic E-state index is 0.106. The predicted octanol–water partition coefficient (Wildman–Crippen LogP) is 2.29. The first-order chi connectivity index (χ1) is 14.8. The van der Waals surface area contributed by atoms with Gasteiger partial charge in [0.05, 0.1) is 24.5 Å². The van der Waals surface area contributed by atoms with Crippen LogP contribution in [0.15, 0.2) is 61.2 Å². The molecule has 1 atom stereocenters. The van der Waals surface area contributed by atoms with E-state index in [9.17, 15) is 18.0 Å². The molecule has 3 rings (SSSR count). The van der Waals surface area contributed by atoms with E-state index < -0.39 is 15.9 Å². The number of hydrogen-bond acceptors (Lipinski definition) is 5. The van der Waals surface area contributed by atoms with Crippen molar-refractivity contribution in [3.63, 3.8) is 0 Å². The molecule has 0 bridgehead atoms. The zero-order chi connectivity index (χ0) is 22.4. The number of sulfonamides is 1. The summed E-state index contributed by atoms with van der Waals surface area (Å²) in [6.45, 7) is 3.91. The van der Waals surface area contributed by atoms with Gasteiger partial charge in [0.1, 0.15) is 5.75 Å². The van der Waals surface area contributed by atoms with Crippen molar-refractivity contribution in [2.45, 2.75) is 12.2 Å².